The van der Waals surface area contributed by atoms with Gasteiger partial charge in [-0.05, 0) is 49.9 Å². The van der Waals surface area contributed by atoms with Crippen LogP contribution >= 0.6 is 0 Å². The van der Waals surface area contributed by atoms with Crippen molar-refractivity contribution in [3.05, 3.63) is 29.8 Å². The van der Waals surface area contributed by atoms with Crippen molar-refractivity contribution in [2.45, 2.75) is 50.5 Å². The predicted molar refractivity (Wildman–Crippen MR) is 102 cm³/mol. The second-order valence-corrected chi connectivity index (χ2v) is 7.67. The van der Waals surface area contributed by atoms with E-state index in [0.29, 0.717) is 19.8 Å². The molecule has 0 N–H and O–H groups in total. The van der Waals surface area contributed by atoms with Crippen molar-refractivity contribution in [1.29, 1.82) is 0 Å². The molecule has 148 valence electrons. The number of hydrogen-bond acceptors (Lipinski definition) is 5. The van der Waals surface area contributed by atoms with Crippen molar-refractivity contribution < 1.29 is 19.0 Å². The van der Waals surface area contributed by atoms with Crippen LogP contribution in [0.5, 0.6) is 5.75 Å². The van der Waals surface area contributed by atoms with E-state index in [1.807, 2.05) is 12.1 Å². The zero-order valence-corrected chi connectivity index (χ0v) is 16.1. The summed E-state index contributed by atoms with van der Waals surface area (Å²) in [5, 5.41) is 0. The number of ether oxygens (including phenoxy) is 3. The van der Waals surface area contributed by atoms with E-state index < -0.39 is 0 Å². The molecule has 3 fully saturated rings. The molecule has 4 rings (SSSR count). The summed E-state index contributed by atoms with van der Waals surface area (Å²) in [6.07, 6.45) is 5.23. The summed E-state index contributed by atoms with van der Waals surface area (Å²) in [6.45, 7) is 3.54. The van der Waals surface area contributed by atoms with Gasteiger partial charge in [0.2, 0.25) is 5.91 Å². The minimum atomic E-state index is -0.175. The van der Waals surface area contributed by atoms with Gasteiger partial charge in [-0.2, -0.15) is 0 Å². The highest BCUT2D eigenvalue weighted by Crippen LogP contribution is 2.34. The number of methoxy groups -OCH3 is 1. The number of carbonyl (C=O) groups excluding carboxylic acids is 1. The van der Waals surface area contributed by atoms with Crippen LogP contribution in [0.15, 0.2) is 24.3 Å². The van der Waals surface area contributed by atoms with Crippen LogP contribution in [0.2, 0.25) is 0 Å². The molecular formula is C21H30N2O4. The number of rotatable bonds is 5. The summed E-state index contributed by atoms with van der Waals surface area (Å²) in [4.78, 5) is 17.5. The monoisotopic (exact) mass is 374 g/mol. The summed E-state index contributed by atoms with van der Waals surface area (Å²) in [7, 11) is 1.68. The predicted octanol–water partition coefficient (Wildman–Crippen LogP) is 2.59. The standard InChI is InChI=1S/C21H30N2O4/c1-25-17-7-4-6-16(14-17)18-9-5-11-23(18)20(24)15-22-10-3-2-8-19(22)21-26-12-13-27-21/h4,6-7,14,18-19,21H,2-3,5,8-13,15H2,1H3. The Kier molecular flexibility index (Phi) is 5.95. The fourth-order valence-corrected chi connectivity index (χ4v) is 4.65. The molecule has 3 aliphatic heterocycles. The van der Waals surface area contributed by atoms with Gasteiger partial charge in [-0.25, -0.2) is 0 Å². The fourth-order valence-electron chi connectivity index (χ4n) is 4.65. The largest absolute Gasteiger partial charge is 0.497 e. The highest BCUT2D eigenvalue weighted by Gasteiger charge is 2.37. The van der Waals surface area contributed by atoms with Gasteiger partial charge in [-0.15, -0.1) is 0 Å². The van der Waals surface area contributed by atoms with Gasteiger partial charge >= 0.3 is 0 Å². The molecule has 0 saturated carbocycles. The van der Waals surface area contributed by atoms with Crippen LogP contribution in [0.25, 0.3) is 0 Å². The van der Waals surface area contributed by atoms with Gasteiger partial charge in [0.25, 0.3) is 0 Å². The van der Waals surface area contributed by atoms with Crippen LogP contribution in [0, 0.1) is 0 Å². The highest BCUT2D eigenvalue weighted by molar-refractivity contribution is 5.79. The Morgan fingerprint density at radius 3 is 2.81 bits per heavy atom. The third-order valence-electron chi connectivity index (χ3n) is 6.02. The maximum atomic E-state index is 13.2. The molecule has 2 unspecified atom stereocenters. The lowest BCUT2D eigenvalue weighted by Crippen LogP contribution is -2.51. The van der Waals surface area contributed by atoms with Crippen molar-refractivity contribution in [3.63, 3.8) is 0 Å². The van der Waals surface area contributed by atoms with Gasteiger partial charge in [0.05, 0.1) is 39.0 Å². The van der Waals surface area contributed by atoms with E-state index >= 15 is 0 Å². The van der Waals surface area contributed by atoms with Crippen LogP contribution in [-0.4, -0.2) is 68.0 Å². The van der Waals surface area contributed by atoms with Crippen LogP contribution < -0.4 is 4.74 Å². The molecule has 0 aromatic heterocycles. The normalized spacial score (nSPS) is 27.2. The van der Waals surface area contributed by atoms with Crippen LogP contribution in [0.3, 0.4) is 0 Å². The zero-order valence-electron chi connectivity index (χ0n) is 16.1. The Bertz CT molecular complexity index is 647. The molecule has 1 aromatic rings. The van der Waals surface area contributed by atoms with Crippen molar-refractivity contribution in [2.75, 3.05) is 40.0 Å². The van der Waals surface area contributed by atoms with Gasteiger partial charge in [-0.1, -0.05) is 18.6 Å². The number of nitrogens with zero attached hydrogens (tertiary/aromatic N) is 2. The summed E-state index contributed by atoms with van der Waals surface area (Å²) in [5.74, 6) is 1.06. The van der Waals surface area contributed by atoms with Gasteiger partial charge in [0.15, 0.2) is 6.29 Å². The molecular weight excluding hydrogens is 344 g/mol. The van der Waals surface area contributed by atoms with Crippen molar-refractivity contribution in [1.82, 2.24) is 9.80 Å². The molecule has 0 radical (unpaired) electrons. The number of piperidine rings is 1. The summed E-state index contributed by atoms with van der Waals surface area (Å²) in [6, 6.07) is 8.45. The van der Waals surface area contributed by atoms with Gasteiger partial charge < -0.3 is 19.1 Å². The van der Waals surface area contributed by atoms with Crippen LogP contribution in [0.1, 0.15) is 43.7 Å². The second-order valence-electron chi connectivity index (χ2n) is 7.67. The smallest absolute Gasteiger partial charge is 0.237 e. The lowest BCUT2D eigenvalue weighted by molar-refractivity contribution is -0.140. The van der Waals surface area contributed by atoms with E-state index in [0.717, 1.165) is 50.1 Å². The van der Waals surface area contributed by atoms with Crippen molar-refractivity contribution in [2.24, 2.45) is 0 Å². The first-order valence-corrected chi connectivity index (χ1v) is 10.2. The van der Waals surface area contributed by atoms with Crippen molar-refractivity contribution in [3.8, 4) is 5.75 Å². The van der Waals surface area contributed by atoms with E-state index in [1.165, 1.54) is 6.42 Å². The molecule has 1 aromatic carbocycles. The van der Waals surface area contributed by atoms with E-state index in [-0.39, 0.29) is 24.3 Å². The molecule has 3 saturated heterocycles. The fraction of sp³-hybridized carbons (Fsp3) is 0.667. The summed E-state index contributed by atoms with van der Waals surface area (Å²) < 4.78 is 16.8. The second kappa shape index (κ2) is 8.59. The Morgan fingerprint density at radius 1 is 1.15 bits per heavy atom. The summed E-state index contributed by atoms with van der Waals surface area (Å²) >= 11 is 0. The first kappa shape index (κ1) is 18.7. The molecule has 1 amide bonds. The molecule has 3 heterocycles. The van der Waals surface area contributed by atoms with Gasteiger partial charge in [0.1, 0.15) is 5.75 Å². The topological polar surface area (TPSA) is 51.2 Å². The van der Waals surface area contributed by atoms with Crippen LogP contribution in [0.4, 0.5) is 0 Å². The third kappa shape index (κ3) is 4.13. The number of likely N-dealkylation sites (tertiary alicyclic amines) is 2. The van der Waals surface area contributed by atoms with E-state index in [4.69, 9.17) is 14.2 Å². The molecule has 6 heteroatoms. The lowest BCUT2D eigenvalue weighted by atomic mass is 10.0. The highest BCUT2D eigenvalue weighted by atomic mass is 16.7. The maximum Gasteiger partial charge on any atom is 0.237 e. The molecule has 2 atom stereocenters. The maximum absolute atomic E-state index is 13.2. The lowest BCUT2D eigenvalue weighted by Gasteiger charge is -2.38. The number of hydrogen-bond donors (Lipinski definition) is 0. The third-order valence-corrected chi connectivity index (χ3v) is 6.02. The van der Waals surface area contributed by atoms with Crippen LogP contribution in [-0.2, 0) is 14.3 Å². The summed E-state index contributed by atoms with van der Waals surface area (Å²) in [5.41, 5.74) is 1.16. The molecule has 0 spiro atoms. The number of carbonyl (C=O) groups is 1. The Morgan fingerprint density at radius 2 is 2.00 bits per heavy atom. The average molecular weight is 374 g/mol. The van der Waals surface area contributed by atoms with E-state index in [2.05, 4.69) is 21.9 Å². The van der Waals surface area contributed by atoms with Gasteiger partial charge in [-0.3, -0.25) is 9.69 Å². The Hall–Kier alpha value is -1.63. The number of benzene rings is 1. The van der Waals surface area contributed by atoms with Gasteiger partial charge in [0, 0.05) is 6.54 Å². The first-order chi connectivity index (χ1) is 13.3. The first-order valence-electron chi connectivity index (χ1n) is 10.2. The minimum Gasteiger partial charge on any atom is -0.497 e. The Labute approximate surface area is 161 Å². The molecule has 27 heavy (non-hydrogen) atoms. The average Bonchev–Trinajstić information content (AvgIpc) is 3.40. The molecule has 3 aliphatic rings. The van der Waals surface area contributed by atoms with E-state index in [9.17, 15) is 4.79 Å². The van der Waals surface area contributed by atoms with E-state index in [1.54, 1.807) is 7.11 Å². The quantitative estimate of drug-likeness (QED) is 0.793. The molecule has 0 aliphatic carbocycles. The zero-order chi connectivity index (χ0) is 18.6. The molecule has 0 bridgehead atoms. The molecule has 6 nitrogen and oxygen atoms in total. The minimum absolute atomic E-state index is 0.148. The SMILES string of the molecule is COc1cccc(C2CCCN2C(=O)CN2CCCCC2C2OCCO2)c1. The van der Waals surface area contributed by atoms with Crippen molar-refractivity contribution >= 4 is 5.91 Å². The number of amides is 1. The Balaban J connectivity index is 1.44.